The third-order valence-corrected chi connectivity index (χ3v) is 5.51. The van der Waals surface area contributed by atoms with Gasteiger partial charge in [0.1, 0.15) is 0 Å². The van der Waals surface area contributed by atoms with E-state index in [4.69, 9.17) is 14.2 Å². The Morgan fingerprint density at radius 2 is 2.00 bits per heavy atom. The van der Waals surface area contributed by atoms with E-state index in [1.54, 1.807) is 25.1 Å². The normalized spacial score (nSPS) is 25.2. The van der Waals surface area contributed by atoms with E-state index in [9.17, 15) is 9.59 Å². The summed E-state index contributed by atoms with van der Waals surface area (Å²) in [4.78, 5) is 24.4. The summed E-state index contributed by atoms with van der Waals surface area (Å²) in [6, 6.07) is 5.54. The summed E-state index contributed by atoms with van der Waals surface area (Å²) in [6.45, 7) is 6.18. The van der Waals surface area contributed by atoms with E-state index in [2.05, 4.69) is 19.2 Å². The van der Waals surface area contributed by atoms with Crippen molar-refractivity contribution in [3.8, 4) is 11.5 Å². The highest BCUT2D eigenvalue weighted by atomic mass is 16.7. The molecule has 1 aromatic rings. The minimum atomic E-state index is -0.830. The number of nitrogens with one attached hydrogen (secondary N) is 1. The number of carbonyl (C=O) groups is 2. The Kier molecular flexibility index (Phi) is 6.04. The molecule has 146 valence electrons. The molecule has 1 fully saturated rings. The van der Waals surface area contributed by atoms with Gasteiger partial charge in [-0.05, 0) is 49.0 Å². The lowest BCUT2D eigenvalue weighted by Crippen LogP contribution is -2.47. The van der Waals surface area contributed by atoms with E-state index >= 15 is 0 Å². The molecule has 2 aliphatic rings. The van der Waals surface area contributed by atoms with Gasteiger partial charge in [-0.1, -0.05) is 32.8 Å². The second kappa shape index (κ2) is 8.46. The third-order valence-electron chi connectivity index (χ3n) is 5.51. The summed E-state index contributed by atoms with van der Waals surface area (Å²) in [6.07, 6.45) is 5.39. The number of benzene rings is 1. The Morgan fingerprint density at radius 1 is 1.22 bits per heavy atom. The van der Waals surface area contributed by atoms with Crippen LogP contribution in [0.4, 0.5) is 0 Å². The molecule has 0 bridgehead atoms. The van der Waals surface area contributed by atoms with Gasteiger partial charge in [0.25, 0.3) is 5.91 Å². The standard InChI is InChI=1S/C21H27NO5/c1-13-5-4-6-17(14(13)2)22-21(24)15(3)27-20(23)10-8-16-7-9-18-19(11-16)26-12-25-18/h7-11,13-15,17H,4-6,12H2,1-3H3,(H,22,24)/b10-8+/t13-,14-,15-,17+/m1/s1. The van der Waals surface area contributed by atoms with Crippen molar-refractivity contribution in [1.29, 1.82) is 0 Å². The van der Waals surface area contributed by atoms with E-state index in [1.807, 2.05) is 6.07 Å². The first-order valence-electron chi connectivity index (χ1n) is 9.52. The van der Waals surface area contributed by atoms with Crippen LogP contribution in [0.1, 0.15) is 45.6 Å². The number of ether oxygens (including phenoxy) is 3. The van der Waals surface area contributed by atoms with Crippen molar-refractivity contribution >= 4 is 18.0 Å². The highest BCUT2D eigenvalue weighted by Gasteiger charge is 2.29. The molecular weight excluding hydrogens is 346 g/mol. The van der Waals surface area contributed by atoms with Crippen LogP contribution in [0.25, 0.3) is 6.08 Å². The third kappa shape index (κ3) is 4.81. The summed E-state index contributed by atoms with van der Waals surface area (Å²) in [5.74, 6) is 1.55. The maximum absolute atomic E-state index is 12.4. The first-order chi connectivity index (χ1) is 12.9. The highest BCUT2D eigenvalue weighted by molar-refractivity contribution is 5.90. The lowest BCUT2D eigenvalue weighted by atomic mass is 9.78. The Balaban J connectivity index is 1.50. The smallest absolute Gasteiger partial charge is 0.331 e. The fraction of sp³-hybridized carbons (Fsp3) is 0.524. The van der Waals surface area contributed by atoms with E-state index in [-0.39, 0.29) is 18.7 Å². The molecule has 0 spiro atoms. The van der Waals surface area contributed by atoms with Crippen LogP contribution in [0.5, 0.6) is 11.5 Å². The van der Waals surface area contributed by atoms with Gasteiger partial charge < -0.3 is 19.5 Å². The van der Waals surface area contributed by atoms with Gasteiger partial charge in [0, 0.05) is 12.1 Å². The van der Waals surface area contributed by atoms with Crippen LogP contribution in [0.3, 0.4) is 0 Å². The van der Waals surface area contributed by atoms with Crippen LogP contribution < -0.4 is 14.8 Å². The average Bonchev–Trinajstić information content (AvgIpc) is 3.11. The Labute approximate surface area is 159 Å². The van der Waals surface area contributed by atoms with Crippen molar-refractivity contribution in [3.05, 3.63) is 29.8 Å². The SMILES string of the molecule is C[C@@H]1[C@H](C)CCC[C@@H]1NC(=O)[C@@H](C)OC(=O)/C=C/c1ccc2c(c1)OCO2. The summed E-state index contributed by atoms with van der Waals surface area (Å²) in [5.41, 5.74) is 0.790. The predicted molar refractivity (Wildman–Crippen MR) is 101 cm³/mol. The zero-order valence-corrected chi connectivity index (χ0v) is 16.1. The number of hydrogen-bond acceptors (Lipinski definition) is 5. The van der Waals surface area contributed by atoms with Gasteiger partial charge in [0.15, 0.2) is 17.6 Å². The molecule has 3 rings (SSSR count). The minimum absolute atomic E-state index is 0.145. The zero-order valence-electron chi connectivity index (χ0n) is 16.1. The van der Waals surface area contributed by atoms with Crippen LogP contribution in [0.2, 0.25) is 0 Å². The summed E-state index contributed by atoms with van der Waals surface area (Å²) in [5, 5.41) is 3.04. The maximum Gasteiger partial charge on any atom is 0.331 e. The van der Waals surface area contributed by atoms with E-state index < -0.39 is 12.1 Å². The summed E-state index contributed by atoms with van der Waals surface area (Å²) < 4.78 is 15.8. The quantitative estimate of drug-likeness (QED) is 0.633. The van der Waals surface area contributed by atoms with Gasteiger partial charge in [0.05, 0.1) is 0 Å². The molecule has 1 amide bonds. The number of esters is 1. The Bertz CT molecular complexity index is 729. The molecule has 0 saturated heterocycles. The van der Waals surface area contributed by atoms with Crippen molar-refractivity contribution in [1.82, 2.24) is 5.32 Å². The molecule has 1 saturated carbocycles. The van der Waals surface area contributed by atoms with Crippen LogP contribution in [-0.4, -0.2) is 30.8 Å². The highest BCUT2D eigenvalue weighted by Crippen LogP contribution is 2.33. The molecule has 1 aliphatic carbocycles. The Morgan fingerprint density at radius 3 is 2.81 bits per heavy atom. The molecule has 4 atom stereocenters. The topological polar surface area (TPSA) is 73.9 Å². The van der Waals surface area contributed by atoms with Crippen molar-refractivity contribution in [2.75, 3.05) is 6.79 Å². The van der Waals surface area contributed by atoms with Crippen LogP contribution in [0.15, 0.2) is 24.3 Å². The number of rotatable bonds is 5. The average molecular weight is 373 g/mol. The van der Waals surface area contributed by atoms with Crippen molar-refractivity contribution in [3.63, 3.8) is 0 Å². The zero-order chi connectivity index (χ0) is 19.4. The second-order valence-electron chi connectivity index (χ2n) is 7.41. The molecule has 0 unspecified atom stereocenters. The first kappa shape index (κ1) is 19.3. The van der Waals surface area contributed by atoms with Gasteiger partial charge in [0.2, 0.25) is 6.79 Å². The largest absolute Gasteiger partial charge is 0.454 e. The molecule has 1 aliphatic heterocycles. The molecule has 27 heavy (non-hydrogen) atoms. The van der Waals surface area contributed by atoms with Gasteiger partial charge in [-0.3, -0.25) is 4.79 Å². The van der Waals surface area contributed by atoms with Gasteiger partial charge in [-0.25, -0.2) is 4.79 Å². The van der Waals surface area contributed by atoms with Gasteiger partial charge in [-0.15, -0.1) is 0 Å². The van der Waals surface area contributed by atoms with Gasteiger partial charge >= 0.3 is 5.97 Å². The number of fused-ring (bicyclic) bond motifs is 1. The molecule has 6 nitrogen and oxygen atoms in total. The lowest BCUT2D eigenvalue weighted by molar-refractivity contribution is -0.150. The fourth-order valence-corrected chi connectivity index (χ4v) is 3.53. The van der Waals surface area contributed by atoms with Crippen molar-refractivity contribution in [2.45, 2.75) is 52.2 Å². The van der Waals surface area contributed by atoms with Crippen molar-refractivity contribution in [2.24, 2.45) is 11.8 Å². The molecule has 0 radical (unpaired) electrons. The minimum Gasteiger partial charge on any atom is -0.454 e. The fourth-order valence-electron chi connectivity index (χ4n) is 3.53. The van der Waals surface area contributed by atoms with E-state index in [0.29, 0.717) is 23.3 Å². The molecule has 6 heteroatoms. The van der Waals surface area contributed by atoms with Crippen molar-refractivity contribution < 1.29 is 23.8 Å². The molecule has 0 aromatic heterocycles. The molecular formula is C21H27NO5. The second-order valence-corrected chi connectivity index (χ2v) is 7.41. The van der Waals surface area contributed by atoms with Crippen LogP contribution in [-0.2, 0) is 14.3 Å². The number of amides is 1. The van der Waals surface area contributed by atoms with Crippen LogP contribution in [0, 0.1) is 11.8 Å². The molecule has 1 aromatic carbocycles. The maximum atomic E-state index is 12.4. The summed E-state index contributed by atoms with van der Waals surface area (Å²) in [7, 11) is 0. The summed E-state index contributed by atoms with van der Waals surface area (Å²) >= 11 is 0. The first-order valence-corrected chi connectivity index (χ1v) is 9.52. The number of hydrogen-bond donors (Lipinski definition) is 1. The predicted octanol–water partition coefficient (Wildman–Crippen LogP) is 3.30. The van der Waals surface area contributed by atoms with Gasteiger partial charge in [-0.2, -0.15) is 0 Å². The van der Waals surface area contributed by atoms with Crippen LogP contribution >= 0.6 is 0 Å². The Hall–Kier alpha value is -2.50. The van der Waals surface area contributed by atoms with E-state index in [0.717, 1.165) is 18.4 Å². The molecule has 1 heterocycles. The lowest BCUT2D eigenvalue weighted by Gasteiger charge is -2.35. The monoisotopic (exact) mass is 373 g/mol. The molecule has 1 N–H and O–H groups in total. The number of carbonyl (C=O) groups excluding carboxylic acids is 2. The van der Waals surface area contributed by atoms with E-state index in [1.165, 1.54) is 12.5 Å².